The second-order valence-electron chi connectivity index (χ2n) is 6.67. The van der Waals surface area contributed by atoms with E-state index in [2.05, 4.69) is 50.5 Å². The largest absolute Gasteiger partial charge is 0.356 e. The highest BCUT2D eigenvalue weighted by Crippen LogP contribution is 2.23. The zero-order chi connectivity index (χ0) is 14.0. The van der Waals surface area contributed by atoms with Crippen LogP contribution in [0.25, 0.3) is 0 Å². The number of aromatic nitrogens is 2. The van der Waals surface area contributed by atoms with Gasteiger partial charge in [0.15, 0.2) is 7.98 Å². The lowest BCUT2D eigenvalue weighted by atomic mass is 9.96. The van der Waals surface area contributed by atoms with E-state index in [4.69, 9.17) is 4.98 Å². The minimum Gasteiger partial charge on any atom is -0.356 e. The van der Waals surface area contributed by atoms with Crippen molar-refractivity contribution in [2.24, 2.45) is 0 Å². The van der Waals surface area contributed by atoms with Gasteiger partial charge in [0.05, 0.1) is 0 Å². The first-order valence-corrected chi connectivity index (χ1v) is 7.13. The number of nitrogens with zero attached hydrogens (tertiary/aromatic N) is 4. The smallest absolute Gasteiger partial charge is 0.185 e. The summed E-state index contributed by atoms with van der Waals surface area (Å²) in [4.78, 5) is 13.9. The van der Waals surface area contributed by atoms with Crippen LogP contribution in [0.4, 0.5) is 5.82 Å². The molecule has 0 saturated carbocycles. The summed E-state index contributed by atoms with van der Waals surface area (Å²) in [6.45, 7) is 8.64. The molecule has 19 heavy (non-hydrogen) atoms. The average molecular weight is 260 g/mol. The molecule has 1 aromatic heterocycles. The zero-order valence-corrected chi connectivity index (χ0v) is 12.8. The summed E-state index contributed by atoms with van der Waals surface area (Å²) in [5.41, 5.74) is 0.0119. The van der Waals surface area contributed by atoms with Gasteiger partial charge in [0, 0.05) is 30.7 Å². The molecule has 104 valence electrons. The van der Waals surface area contributed by atoms with E-state index in [0.29, 0.717) is 6.04 Å². The first-order chi connectivity index (χ1) is 8.88. The molecule has 2 heterocycles. The molecule has 0 spiro atoms. The van der Waals surface area contributed by atoms with Crippen molar-refractivity contribution in [1.82, 2.24) is 14.8 Å². The van der Waals surface area contributed by atoms with Crippen molar-refractivity contribution in [3.63, 3.8) is 0 Å². The Morgan fingerprint density at radius 2 is 1.95 bits per heavy atom. The lowest BCUT2D eigenvalue weighted by molar-refractivity contribution is 0.325. The van der Waals surface area contributed by atoms with Crippen molar-refractivity contribution in [2.75, 3.05) is 25.0 Å². The van der Waals surface area contributed by atoms with Gasteiger partial charge in [-0.05, 0) is 26.0 Å². The number of rotatable bonds is 2. The third kappa shape index (κ3) is 3.47. The van der Waals surface area contributed by atoms with Crippen LogP contribution in [0.3, 0.4) is 0 Å². The number of piperidine rings is 1. The van der Waals surface area contributed by atoms with Crippen LogP contribution in [0.1, 0.15) is 39.4 Å². The highest BCUT2D eigenvalue weighted by Gasteiger charge is 2.23. The first-order valence-electron chi connectivity index (χ1n) is 7.13. The van der Waals surface area contributed by atoms with Crippen LogP contribution in [0, 0.1) is 0 Å². The van der Waals surface area contributed by atoms with Gasteiger partial charge in [0.1, 0.15) is 11.6 Å². The fraction of sp³-hybridized carbons (Fsp3) is 0.714. The molecule has 2 rings (SSSR count). The van der Waals surface area contributed by atoms with E-state index in [0.717, 1.165) is 24.7 Å². The average Bonchev–Trinajstić information content (AvgIpc) is 2.38. The predicted octanol–water partition coefficient (Wildman–Crippen LogP) is 1.22. The van der Waals surface area contributed by atoms with E-state index >= 15 is 0 Å². The topological polar surface area (TPSA) is 32.3 Å². The molecule has 1 fully saturated rings. The van der Waals surface area contributed by atoms with Gasteiger partial charge in [-0.25, -0.2) is 9.97 Å². The van der Waals surface area contributed by atoms with Crippen LogP contribution < -0.4 is 4.90 Å². The Labute approximate surface area is 117 Å². The molecule has 1 saturated heterocycles. The molecule has 0 aromatic carbocycles. The van der Waals surface area contributed by atoms with Crippen LogP contribution in [0.15, 0.2) is 12.3 Å². The predicted molar refractivity (Wildman–Crippen MR) is 82.3 cm³/mol. The van der Waals surface area contributed by atoms with Crippen LogP contribution in [-0.4, -0.2) is 48.9 Å². The number of hydrogen-bond acceptors (Lipinski definition) is 4. The molecule has 0 radical (unpaired) electrons. The quantitative estimate of drug-likeness (QED) is 0.748. The third-order valence-corrected chi connectivity index (χ3v) is 3.83. The van der Waals surface area contributed by atoms with E-state index in [-0.39, 0.29) is 5.41 Å². The highest BCUT2D eigenvalue weighted by atomic mass is 15.2. The van der Waals surface area contributed by atoms with Crippen LogP contribution >= 0.6 is 0 Å². The fourth-order valence-electron chi connectivity index (χ4n) is 2.50. The SMILES string of the molecule is BN(C)C1CCN(c2ccnc(C(C)(C)C)n2)CC1. The molecule has 0 bridgehead atoms. The van der Waals surface area contributed by atoms with Crippen LogP contribution in [0.2, 0.25) is 0 Å². The Hall–Kier alpha value is -1.10. The van der Waals surface area contributed by atoms with Crippen molar-refractivity contribution >= 4 is 13.8 Å². The summed E-state index contributed by atoms with van der Waals surface area (Å²) in [7, 11) is 4.34. The van der Waals surface area contributed by atoms with Crippen molar-refractivity contribution in [3.8, 4) is 0 Å². The monoisotopic (exact) mass is 260 g/mol. The van der Waals surface area contributed by atoms with Gasteiger partial charge in [-0.15, -0.1) is 0 Å². The fourth-order valence-corrected chi connectivity index (χ4v) is 2.50. The molecule has 0 atom stereocenters. The Balaban J connectivity index is 2.08. The normalized spacial score (nSPS) is 18.1. The molecule has 1 aliphatic heterocycles. The molecular weight excluding hydrogens is 235 g/mol. The highest BCUT2D eigenvalue weighted by molar-refractivity contribution is 6.04. The summed E-state index contributed by atoms with van der Waals surface area (Å²) in [6, 6.07) is 2.74. The third-order valence-electron chi connectivity index (χ3n) is 3.83. The molecular formula is C14H25BN4. The lowest BCUT2D eigenvalue weighted by Crippen LogP contribution is -2.43. The molecule has 0 amide bonds. The molecule has 0 unspecified atom stereocenters. The molecule has 1 aromatic rings. The maximum absolute atomic E-state index is 4.74. The maximum atomic E-state index is 4.74. The Morgan fingerprint density at radius 1 is 1.32 bits per heavy atom. The minimum atomic E-state index is 0.0119. The van der Waals surface area contributed by atoms with Crippen molar-refractivity contribution < 1.29 is 0 Å². The summed E-state index contributed by atoms with van der Waals surface area (Å²) in [5, 5.41) is 0. The Bertz CT molecular complexity index is 420. The Kier molecular flexibility index (Phi) is 4.14. The zero-order valence-electron chi connectivity index (χ0n) is 12.8. The van der Waals surface area contributed by atoms with Gasteiger partial charge < -0.3 is 9.71 Å². The molecule has 0 N–H and O–H groups in total. The van der Waals surface area contributed by atoms with Crippen LogP contribution in [-0.2, 0) is 5.41 Å². The van der Waals surface area contributed by atoms with Gasteiger partial charge >= 0.3 is 0 Å². The number of anilines is 1. The standard InChI is InChI=1S/C14H25BN4/c1-14(2,3)13-16-8-5-12(17-13)19-9-6-11(7-10-19)18(4)15/h5,8,11H,6-7,9-10,15H2,1-4H3. The van der Waals surface area contributed by atoms with Gasteiger partial charge in [-0.3, -0.25) is 0 Å². The maximum Gasteiger partial charge on any atom is 0.185 e. The van der Waals surface area contributed by atoms with Crippen molar-refractivity contribution in [3.05, 3.63) is 18.1 Å². The second-order valence-corrected chi connectivity index (χ2v) is 6.67. The van der Waals surface area contributed by atoms with Gasteiger partial charge in [0.25, 0.3) is 0 Å². The summed E-state index contributed by atoms with van der Waals surface area (Å²) in [6.07, 6.45) is 4.31. The lowest BCUT2D eigenvalue weighted by Gasteiger charge is -2.36. The van der Waals surface area contributed by atoms with Crippen molar-refractivity contribution in [1.29, 1.82) is 0 Å². The molecule has 0 aliphatic carbocycles. The summed E-state index contributed by atoms with van der Waals surface area (Å²) in [5.74, 6) is 2.01. The van der Waals surface area contributed by atoms with E-state index < -0.39 is 0 Å². The van der Waals surface area contributed by atoms with Crippen molar-refractivity contribution in [2.45, 2.75) is 45.1 Å². The summed E-state index contributed by atoms with van der Waals surface area (Å²) >= 11 is 0. The second kappa shape index (κ2) is 5.49. The minimum absolute atomic E-state index is 0.0119. The number of hydrogen-bond donors (Lipinski definition) is 0. The van der Waals surface area contributed by atoms with E-state index in [1.807, 2.05) is 12.3 Å². The van der Waals surface area contributed by atoms with Gasteiger partial charge in [-0.1, -0.05) is 20.8 Å². The molecule has 5 heteroatoms. The van der Waals surface area contributed by atoms with Gasteiger partial charge in [0.2, 0.25) is 0 Å². The van der Waals surface area contributed by atoms with E-state index in [1.54, 1.807) is 0 Å². The van der Waals surface area contributed by atoms with E-state index in [1.165, 1.54) is 12.8 Å². The van der Waals surface area contributed by atoms with Crippen LogP contribution in [0.5, 0.6) is 0 Å². The summed E-state index contributed by atoms with van der Waals surface area (Å²) < 4.78 is 0. The van der Waals surface area contributed by atoms with E-state index in [9.17, 15) is 0 Å². The first kappa shape index (κ1) is 14.3. The Morgan fingerprint density at radius 3 is 2.47 bits per heavy atom. The molecule has 1 aliphatic rings. The van der Waals surface area contributed by atoms with Gasteiger partial charge in [-0.2, -0.15) is 0 Å². The molecule has 4 nitrogen and oxygen atoms in total.